The van der Waals surface area contributed by atoms with Gasteiger partial charge in [-0.1, -0.05) is 17.7 Å². The minimum Gasteiger partial charge on any atom is -0.444 e. The summed E-state index contributed by atoms with van der Waals surface area (Å²) in [5.41, 5.74) is 0.398. The van der Waals surface area contributed by atoms with E-state index >= 15 is 0 Å². The molecule has 1 aliphatic heterocycles. The third-order valence-electron chi connectivity index (χ3n) is 6.11. The number of carbonyl (C=O) groups is 2. The molecule has 0 bridgehead atoms. The van der Waals surface area contributed by atoms with E-state index in [4.69, 9.17) is 30.8 Å². The molecule has 0 spiro atoms. The molecule has 1 aliphatic rings. The van der Waals surface area contributed by atoms with Crippen LogP contribution in [0.1, 0.15) is 70.9 Å². The van der Waals surface area contributed by atoms with E-state index in [1.54, 1.807) is 62.4 Å². The Hall–Kier alpha value is -2.95. The highest BCUT2D eigenvalue weighted by atomic mass is 35.5. The second-order valence-corrected chi connectivity index (χ2v) is 13.4. The zero-order chi connectivity index (χ0) is 29.2. The van der Waals surface area contributed by atoms with Crippen molar-refractivity contribution in [1.29, 1.82) is 0 Å². The first-order valence-corrected chi connectivity index (χ1v) is 14.5. The molecular weight excluding hydrogens is 552 g/mol. The van der Waals surface area contributed by atoms with Crippen molar-refractivity contribution >= 4 is 51.7 Å². The molecule has 1 saturated heterocycles. The quantitative estimate of drug-likeness (QED) is 0.327. The normalized spacial score (nSPS) is 14.7. The number of aromatic nitrogens is 2. The highest BCUT2D eigenvalue weighted by Crippen LogP contribution is 2.41. The van der Waals surface area contributed by atoms with Crippen LogP contribution in [0.2, 0.25) is 5.02 Å². The van der Waals surface area contributed by atoms with Crippen LogP contribution in [0.15, 0.2) is 24.4 Å². The van der Waals surface area contributed by atoms with Crippen molar-refractivity contribution in [2.45, 2.75) is 78.0 Å². The summed E-state index contributed by atoms with van der Waals surface area (Å²) < 4.78 is 16.6. The topological polar surface area (TPSA) is 103 Å². The second kappa shape index (κ2) is 11.9. The standard InChI is InChI=1S/C29H37ClN4O5S/c1-28(2,3)38-26(35)33-24-20-14-18(30)8-9-19(20)21(15-31-24)25-32-22(16-34(7)27(36)39-29(4,5)6)23(40-25)17-10-12-37-13-11-17/h8-9,14-15,17H,10-13,16H2,1-7H3,(H,31,33,35). The Morgan fingerprint density at radius 2 is 1.77 bits per heavy atom. The molecule has 2 amide bonds. The lowest BCUT2D eigenvalue weighted by atomic mass is 9.97. The molecule has 11 heteroatoms. The molecule has 40 heavy (non-hydrogen) atoms. The lowest BCUT2D eigenvalue weighted by Crippen LogP contribution is -2.34. The summed E-state index contributed by atoms with van der Waals surface area (Å²) >= 11 is 7.95. The highest BCUT2D eigenvalue weighted by Gasteiger charge is 2.27. The Bertz CT molecular complexity index is 1390. The van der Waals surface area contributed by atoms with E-state index in [1.165, 1.54) is 0 Å². The maximum absolute atomic E-state index is 12.7. The zero-order valence-electron chi connectivity index (χ0n) is 24.1. The van der Waals surface area contributed by atoms with Crippen LogP contribution in [0.4, 0.5) is 15.4 Å². The molecule has 1 aromatic carbocycles. The first kappa shape index (κ1) is 30.0. The lowest BCUT2D eigenvalue weighted by Gasteiger charge is -2.25. The Kier molecular flexibility index (Phi) is 8.92. The van der Waals surface area contributed by atoms with Crippen molar-refractivity contribution in [2.75, 3.05) is 25.6 Å². The Morgan fingerprint density at radius 3 is 2.42 bits per heavy atom. The number of anilines is 1. The Morgan fingerprint density at radius 1 is 1.10 bits per heavy atom. The maximum atomic E-state index is 12.7. The molecule has 2 aromatic heterocycles. The summed E-state index contributed by atoms with van der Waals surface area (Å²) in [5, 5.41) is 5.55. The van der Waals surface area contributed by atoms with E-state index < -0.39 is 23.4 Å². The molecule has 0 radical (unpaired) electrons. The molecule has 0 unspecified atom stereocenters. The molecular formula is C29H37ClN4O5S. The molecule has 3 heterocycles. The number of hydrogen-bond donors (Lipinski definition) is 1. The van der Waals surface area contributed by atoms with E-state index in [-0.39, 0.29) is 5.92 Å². The summed E-state index contributed by atoms with van der Waals surface area (Å²) in [6.07, 6.45) is 2.48. The average molecular weight is 589 g/mol. The van der Waals surface area contributed by atoms with E-state index in [0.29, 0.717) is 36.0 Å². The van der Waals surface area contributed by atoms with Gasteiger partial charge in [0.1, 0.15) is 22.0 Å². The van der Waals surface area contributed by atoms with Gasteiger partial charge < -0.3 is 19.1 Å². The largest absolute Gasteiger partial charge is 0.444 e. The molecule has 1 fully saturated rings. The van der Waals surface area contributed by atoms with Crippen LogP contribution in [0.3, 0.4) is 0 Å². The van der Waals surface area contributed by atoms with Crippen LogP contribution < -0.4 is 5.32 Å². The van der Waals surface area contributed by atoms with Crippen molar-refractivity contribution in [2.24, 2.45) is 0 Å². The number of pyridine rings is 1. The van der Waals surface area contributed by atoms with E-state index in [1.807, 2.05) is 26.8 Å². The number of fused-ring (bicyclic) bond motifs is 1. The number of nitrogens with zero attached hydrogens (tertiary/aromatic N) is 3. The summed E-state index contributed by atoms with van der Waals surface area (Å²) in [4.78, 5) is 37.5. The average Bonchev–Trinajstić information content (AvgIpc) is 3.26. The second-order valence-electron chi connectivity index (χ2n) is 11.9. The summed E-state index contributed by atoms with van der Waals surface area (Å²) in [7, 11) is 1.72. The van der Waals surface area contributed by atoms with Gasteiger partial charge in [0.2, 0.25) is 0 Å². The molecule has 3 aromatic rings. The number of ether oxygens (including phenoxy) is 3. The van der Waals surface area contributed by atoms with Gasteiger partial charge in [-0.15, -0.1) is 11.3 Å². The fourth-order valence-electron chi connectivity index (χ4n) is 4.39. The van der Waals surface area contributed by atoms with Gasteiger partial charge in [-0.3, -0.25) is 5.32 Å². The minimum absolute atomic E-state index is 0.281. The highest BCUT2D eigenvalue weighted by molar-refractivity contribution is 7.15. The molecule has 0 aliphatic carbocycles. The van der Waals surface area contributed by atoms with Gasteiger partial charge in [-0.05, 0) is 77.8 Å². The van der Waals surface area contributed by atoms with Crippen LogP contribution in [0.25, 0.3) is 21.3 Å². The van der Waals surface area contributed by atoms with Crippen LogP contribution in [-0.2, 0) is 20.8 Å². The molecule has 9 nitrogen and oxygen atoms in total. The number of carbonyl (C=O) groups excluding carboxylic acids is 2. The van der Waals surface area contributed by atoms with Gasteiger partial charge in [0, 0.05) is 47.3 Å². The molecule has 216 valence electrons. The minimum atomic E-state index is -0.651. The van der Waals surface area contributed by atoms with Crippen LogP contribution in [-0.4, -0.2) is 58.5 Å². The van der Waals surface area contributed by atoms with E-state index in [0.717, 1.165) is 39.4 Å². The van der Waals surface area contributed by atoms with Gasteiger partial charge in [0.15, 0.2) is 0 Å². The van der Waals surface area contributed by atoms with Crippen LogP contribution >= 0.6 is 22.9 Å². The third-order valence-corrected chi connectivity index (χ3v) is 7.64. The van der Waals surface area contributed by atoms with Gasteiger partial charge in [0.05, 0.1) is 12.2 Å². The zero-order valence-corrected chi connectivity index (χ0v) is 25.7. The van der Waals surface area contributed by atoms with Crippen molar-refractivity contribution in [3.05, 3.63) is 40.0 Å². The predicted octanol–water partition coefficient (Wildman–Crippen LogP) is 7.62. The van der Waals surface area contributed by atoms with Crippen LogP contribution in [0, 0.1) is 0 Å². The Labute approximate surface area is 244 Å². The summed E-state index contributed by atoms with van der Waals surface area (Å²) in [6.45, 7) is 12.6. The van der Waals surface area contributed by atoms with Crippen molar-refractivity contribution in [1.82, 2.24) is 14.9 Å². The summed E-state index contributed by atoms with van der Waals surface area (Å²) in [6, 6.07) is 5.47. The van der Waals surface area contributed by atoms with Gasteiger partial charge in [-0.25, -0.2) is 19.6 Å². The first-order chi connectivity index (χ1) is 18.7. The van der Waals surface area contributed by atoms with Gasteiger partial charge in [0.25, 0.3) is 0 Å². The van der Waals surface area contributed by atoms with Crippen LogP contribution in [0.5, 0.6) is 0 Å². The number of nitrogens with one attached hydrogen (secondary N) is 1. The molecule has 0 atom stereocenters. The number of rotatable bonds is 5. The predicted molar refractivity (Wildman–Crippen MR) is 158 cm³/mol. The SMILES string of the molecule is CN(Cc1nc(-c2cnc(NC(=O)OC(C)(C)C)c3cc(Cl)ccc23)sc1C1CCOCC1)C(=O)OC(C)(C)C. The van der Waals surface area contributed by atoms with Crippen molar-refractivity contribution < 1.29 is 23.8 Å². The number of benzene rings is 1. The molecule has 4 rings (SSSR count). The molecule has 1 N–H and O–H groups in total. The lowest BCUT2D eigenvalue weighted by molar-refractivity contribution is 0.0281. The first-order valence-electron chi connectivity index (χ1n) is 13.3. The molecule has 0 saturated carbocycles. The van der Waals surface area contributed by atoms with Gasteiger partial charge in [-0.2, -0.15) is 0 Å². The fourth-order valence-corrected chi connectivity index (χ4v) is 5.82. The summed E-state index contributed by atoms with van der Waals surface area (Å²) in [5.74, 6) is 0.630. The fraction of sp³-hybridized carbons (Fsp3) is 0.517. The maximum Gasteiger partial charge on any atom is 0.413 e. The Balaban J connectivity index is 1.73. The monoisotopic (exact) mass is 588 g/mol. The third kappa shape index (κ3) is 7.62. The van der Waals surface area contributed by atoms with Gasteiger partial charge >= 0.3 is 12.2 Å². The number of hydrogen-bond acceptors (Lipinski definition) is 8. The number of thiazole rings is 1. The van der Waals surface area contributed by atoms with E-state index in [2.05, 4.69) is 10.3 Å². The van der Waals surface area contributed by atoms with E-state index in [9.17, 15) is 9.59 Å². The smallest absolute Gasteiger partial charge is 0.413 e. The van der Waals surface area contributed by atoms with Crippen molar-refractivity contribution in [3.63, 3.8) is 0 Å². The number of amides is 2. The van der Waals surface area contributed by atoms with Crippen molar-refractivity contribution in [3.8, 4) is 10.6 Å². The number of halogens is 1.